The van der Waals surface area contributed by atoms with E-state index in [1.807, 2.05) is 29.3 Å². The summed E-state index contributed by atoms with van der Waals surface area (Å²) in [4.78, 5) is 28.1. The number of rotatable bonds is 3. The Morgan fingerprint density at radius 2 is 2.00 bits per heavy atom. The molecule has 1 N–H and O–H groups in total. The standard InChI is InChI=1S/C21H22FN5O/c1-13(28)27-11-21(18(27)14-3-5-15(22)6-4-14)9-16(10-21)26(2)20-17-7-8-23-19(17)24-12-25-20/h3-8,12,16,18H,9-11H2,1-2H3,(H,23,24,25). The van der Waals surface area contributed by atoms with Crippen LogP contribution < -0.4 is 4.90 Å². The first-order valence-electron chi connectivity index (χ1n) is 9.52. The number of likely N-dealkylation sites (tertiary alicyclic amines) is 1. The van der Waals surface area contributed by atoms with Crippen molar-refractivity contribution in [1.29, 1.82) is 0 Å². The molecule has 2 aromatic heterocycles. The summed E-state index contributed by atoms with van der Waals surface area (Å²) in [6.45, 7) is 2.37. The first-order valence-corrected chi connectivity index (χ1v) is 9.52. The van der Waals surface area contributed by atoms with Crippen molar-refractivity contribution >= 4 is 22.8 Å². The minimum absolute atomic E-state index is 0.0212. The van der Waals surface area contributed by atoms with Gasteiger partial charge in [-0.1, -0.05) is 12.1 Å². The molecule has 2 aliphatic rings. The third-order valence-electron chi connectivity index (χ3n) is 6.47. The van der Waals surface area contributed by atoms with E-state index in [2.05, 4.69) is 26.9 Å². The van der Waals surface area contributed by atoms with E-state index < -0.39 is 0 Å². The molecule has 1 atom stereocenters. The van der Waals surface area contributed by atoms with Crippen LogP contribution in [0.3, 0.4) is 0 Å². The van der Waals surface area contributed by atoms with Gasteiger partial charge in [0.2, 0.25) is 5.91 Å². The van der Waals surface area contributed by atoms with Crippen LogP contribution in [-0.4, -0.2) is 45.4 Å². The van der Waals surface area contributed by atoms with Gasteiger partial charge in [0, 0.05) is 38.2 Å². The number of nitrogens with zero attached hydrogens (tertiary/aromatic N) is 4. The van der Waals surface area contributed by atoms with Gasteiger partial charge in [0.1, 0.15) is 23.6 Å². The van der Waals surface area contributed by atoms with Crippen LogP contribution in [-0.2, 0) is 4.79 Å². The molecule has 1 aliphatic heterocycles. The Morgan fingerprint density at radius 3 is 2.71 bits per heavy atom. The highest BCUT2D eigenvalue weighted by Crippen LogP contribution is 2.61. The quantitative estimate of drug-likeness (QED) is 0.758. The van der Waals surface area contributed by atoms with Crippen molar-refractivity contribution in [3.05, 3.63) is 54.2 Å². The maximum atomic E-state index is 13.4. The highest BCUT2D eigenvalue weighted by Gasteiger charge is 2.61. The fourth-order valence-electron chi connectivity index (χ4n) is 5.02. The van der Waals surface area contributed by atoms with Crippen molar-refractivity contribution in [2.24, 2.45) is 5.41 Å². The lowest BCUT2D eigenvalue weighted by atomic mass is 9.54. The van der Waals surface area contributed by atoms with Crippen LogP contribution in [0.2, 0.25) is 0 Å². The topological polar surface area (TPSA) is 65.1 Å². The molecule has 5 rings (SSSR count). The van der Waals surface area contributed by atoms with Gasteiger partial charge in [0.15, 0.2) is 0 Å². The zero-order chi connectivity index (χ0) is 19.5. The first kappa shape index (κ1) is 17.2. The lowest BCUT2D eigenvalue weighted by Crippen LogP contribution is -2.68. The minimum atomic E-state index is -0.253. The Morgan fingerprint density at radius 1 is 1.25 bits per heavy atom. The Hall–Kier alpha value is -2.96. The lowest BCUT2D eigenvalue weighted by Gasteiger charge is -2.66. The van der Waals surface area contributed by atoms with Crippen molar-refractivity contribution in [3.8, 4) is 0 Å². The van der Waals surface area contributed by atoms with E-state index in [1.165, 1.54) is 12.1 Å². The number of hydrogen-bond acceptors (Lipinski definition) is 4. The van der Waals surface area contributed by atoms with Crippen LogP contribution in [0.25, 0.3) is 11.0 Å². The molecule has 1 spiro atoms. The number of carbonyl (C=O) groups excluding carboxylic acids is 1. The average Bonchev–Trinajstić information content (AvgIpc) is 3.10. The molecule has 3 heterocycles. The van der Waals surface area contributed by atoms with E-state index in [-0.39, 0.29) is 23.2 Å². The number of aromatic amines is 1. The molecule has 144 valence electrons. The van der Waals surface area contributed by atoms with Crippen LogP contribution >= 0.6 is 0 Å². The van der Waals surface area contributed by atoms with Gasteiger partial charge in [-0.25, -0.2) is 14.4 Å². The maximum Gasteiger partial charge on any atom is 0.219 e. The number of hydrogen-bond donors (Lipinski definition) is 1. The summed E-state index contributed by atoms with van der Waals surface area (Å²) in [5.41, 5.74) is 1.91. The molecule has 3 aromatic rings. The molecule has 0 radical (unpaired) electrons. The van der Waals surface area contributed by atoms with Gasteiger partial charge in [0.05, 0.1) is 11.4 Å². The summed E-state index contributed by atoms with van der Waals surface area (Å²) in [5.74, 6) is 0.741. The third-order valence-corrected chi connectivity index (χ3v) is 6.47. The SMILES string of the molecule is CC(=O)N1CC2(CC(N(C)c3ncnc4[nH]ccc34)C2)C1c1ccc(F)cc1. The number of nitrogens with one attached hydrogen (secondary N) is 1. The number of halogens is 1. The molecule has 1 aliphatic carbocycles. The van der Waals surface area contributed by atoms with Gasteiger partial charge in [-0.05, 0) is 36.6 Å². The van der Waals surface area contributed by atoms with E-state index in [1.54, 1.807) is 13.3 Å². The molecule has 28 heavy (non-hydrogen) atoms. The summed E-state index contributed by atoms with van der Waals surface area (Å²) >= 11 is 0. The number of benzene rings is 1. The summed E-state index contributed by atoms with van der Waals surface area (Å²) in [6, 6.07) is 8.94. The molecule has 1 aromatic carbocycles. The van der Waals surface area contributed by atoms with E-state index in [0.29, 0.717) is 6.04 Å². The van der Waals surface area contributed by atoms with Crippen molar-refractivity contribution in [1.82, 2.24) is 19.9 Å². The van der Waals surface area contributed by atoms with Gasteiger partial charge < -0.3 is 14.8 Å². The zero-order valence-electron chi connectivity index (χ0n) is 15.9. The van der Waals surface area contributed by atoms with Crippen molar-refractivity contribution in [2.45, 2.75) is 31.8 Å². The second kappa shape index (κ2) is 6.02. The molecular formula is C21H22FN5O. The Kier molecular flexibility index (Phi) is 3.69. The minimum Gasteiger partial charge on any atom is -0.356 e. The molecule has 1 unspecified atom stereocenters. The molecular weight excluding hydrogens is 357 g/mol. The monoisotopic (exact) mass is 379 g/mol. The fraction of sp³-hybridized carbons (Fsp3) is 0.381. The second-order valence-electron chi connectivity index (χ2n) is 8.07. The van der Waals surface area contributed by atoms with E-state index in [0.717, 1.165) is 41.8 Å². The summed E-state index contributed by atoms with van der Waals surface area (Å²) in [6.07, 6.45) is 5.41. The molecule has 1 amide bonds. The largest absolute Gasteiger partial charge is 0.356 e. The van der Waals surface area contributed by atoms with Crippen LogP contribution in [0.5, 0.6) is 0 Å². The smallest absolute Gasteiger partial charge is 0.219 e. The Labute approximate surface area is 162 Å². The van der Waals surface area contributed by atoms with E-state index >= 15 is 0 Å². The summed E-state index contributed by atoms with van der Waals surface area (Å²) < 4.78 is 13.4. The first-order chi connectivity index (χ1) is 13.5. The van der Waals surface area contributed by atoms with Crippen molar-refractivity contribution in [2.75, 3.05) is 18.5 Å². The van der Waals surface area contributed by atoms with Crippen LogP contribution in [0.1, 0.15) is 31.4 Å². The molecule has 2 fully saturated rings. The normalized spacial score (nSPS) is 26.2. The maximum absolute atomic E-state index is 13.4. The third kappa shape index (κ3) is 2.42. The molecule has 7 heteroatoms. The Bertz CT molecular complexity index is 1040. The molecule has 1 saturated carbocycles. The van der Waals surface area contributed by atoms with E-state index in [9.17, 15) is 9.18 Å². The molecule has 1 saturated heterocycles. The number of anilines is 1. The van der Waals surface area contributed by atoms with Gasteiger partial charge in [0.25, 0.3) is 0 Å². The summed E-state index contributed by atoms with van der Waals surface area (Å²) in [7, 11) is 2.07. The highest BCUT2D eigenvalue weighted by atomic mass is 19.1. The number of amides is 1. The van der Waals surface area contributed by atoms with E-state index in [4.69, 9.17) is 0 Å². The van der Waals surface area contributed by atoms with Gasteiger partial charge in [-0.3, -0.25) is 4.79 Å². The van der Waals surface area contributed by atoms with Crippen LogP contribution in [0.4, 0.5) is 10.2 Å². The fourth-order valence-corrected chi connectivity index (χ4v) is 5.02. The average molecular weight is 379 g/mol. The number of fused-ring (bicyclic) bond motifs is 1. The van der Waals surface area contributed by atoms with Crippen LogP contribution in [0.15, 0.2) is 42.9 Å². The second-order valence-corrected chi connectivity index (χ2v) is 8.07. The van der Waals surface area contributed by atoms with Gasteiger partial charge in [-0.2, -0.15) is 0 Å². The molecule has 0 bridgehead atoms. The number of carbonyl (C=O) groups is 1. The molecule has 6 nitrogen and oxygen atoms in total. The number of aromatic nitrogens is 3. The highest BCUT2D eigenvalue weighted by molar-refractivity contribution is 5.87. The zero-order valence-corrected chi connectivity index (χ0v) is 15.9. The number of H-pyrrole nitrogens is 1. The van der Waals surface area contributed by atoms with Crippen molar-refractivity contribution < 1.29 is 9.18 Å². The predicted molar refractivity (Wildman–Crippen MR) is 104 cm³/mol. The Balaban J connectivity index is 1.39. The van der Waals surface area contributed by atoms with Crippen LogP contribution in [0, 0.1) is 11.2 Å². The van der Waals surface area contributed by atoms with Crippen molar-refractivity contribution in [3.63, 3.8) is 0 Å². The predicted octanol–water partition coefficient (Wildman–Crippen LogP) is 3.29. The lowest BCUT2D eigenvalue weighted by molar-refractivity contribution is -0.169. The van der Waals surface area contributed by atoms with Gasteiger partial charge in [-0.15, -0.1) is 0 Å². The van der Waals surface area contributed by atoms with Gasteiger partial charge >= 0.3 is 0 Å². The summed E-state index contributed by atoms with van der Waals surface area (Å²) in [5, 5.41) is 1.01.